The SMILES string of the molecule is CCC(C)C[Si]1(C2C(C)CC3C4=C(C=CC32)Cc2cccc3c(C)ccc4c23)CCCCC1.CCC(C)C[Si]1(C2C(C)CC3C4=C(C=CC32)Cc2cccc3cccc4c23)CCCCC1.CCC(C)C[Si]1(C2C(C)CC3c4c(ccc5cc(C)ccc45)C=CC32)CCCCC1.CCC(C)C[Si]1(C2C(C)CC3c4c(ccc5ccccc45)C=CC32)CCCCC1. The van der Waals surface area contributed by atoms with Crippen LogP contribution in [0.1, 0.15) is 279 Å². The highest BCUT2D eigenvalue weighted by atomic mass is 28.3. The first kappa shape index (κ1) is 87.4. The zero-order valence-electron chi connectivity index (χ0n) is 79.9. The zero-order chi connectivity index (χ0) is 85.5. The molecule has 0 aromatic heterocycles. The minimum Gasteiger partial charge on any atom is -0.0805 e. The van der Waals surface area contributed by atoms with Gasteiger partial charge in [-0.15, -0.1) is 0 Å². The van der Waals surface area contributed by atoms with Gasteiger partial charge in [0.2, 0.25) is 0 Å². The predicted molar refractivity (Wildman–Crippen MR) is 553 cm³/mol. The van der Waals surface area contributed by atoms with E-state index >= 15 is 0 Å². The second-order valence-corrected chi connectivity index (χ2v) is 65.3. The van der Waals surface area contributed by atoms with Gasteiger partial charge in [-0.05, 0) is 285 Å². The molecule has 22 rings (SSSR count). The first-order valence-corrected chi connectivity index (χ1v) is 63.3. The van der Waals surface area contributed by atoms with Crippen molar-refractivity contribution in [1.82, 2.24) is 0 Å². The number of fused-ring (bicyclic) bond motifs is 16. The number of allylic oxidation sites excluding steroid dienone is 10. The Morgan fingerprint density at radius 3 is 1.14 bits per heavy atom. The zero-order valence-corrected chi connectivity index (χ0v) is 83.9. The number of rotatable bonds is 16. The molecule has 124 heavy (non-hydrogen) atoms. The van der Waals surface area contributed by atoms with Crippen molar-refractivity contribution in [3.05, 3.63) is 237 Å². The van der Waals surface area contributed by atoms with Crippen molar-refractivity contribution in [3.63, 3.8) is 0 Å². The van der Waals surface area contributed by atoms with Gasteiger partial charge in [-0.3, -0.25) is 0 Å². The molecule has 4 heteroatoms. The fourth-order valence-corrected chi connectivity index (χ4v) is 64.2. The van der Waals surface area contributed by atoms with Gasteiger partial charge in [0.1, 0.15) is 0 Å². The number of aryl methyl sites for hydroxylation is 2. The molecule has 20 unspecified atom stereocenters. The summed E-state index contributed by atoms with van der Waals surface area (Å²) in [6.07, 6.45) is 52.6. The van der Waals surface area contributed by atoms with E-state index < -0.39 is 32.3 Å². The molecule has 0 nitrogen and oxygen atoms in total. The number of hydrogen-bond donors (Lipinski definition) is 0. The fraction of sp³-hybridized carbons (Fsp3) is 0.567. The molecule has 0 N–H and O–H groups in total. The third-order valence-corrected chi connectivity index (χ3v) is 65.0. The molecule has 8 fully saturated rings. The first-order chi connectivity index (χ1) is 60.3. The quantitative estimate of drug-likeness (QED) is 0.0846. The fourth-order valence-electron chi connectivity index (χ4n) is 33.4. The monoisotopic (exact) mass is 1710 g/mol. The normalized spacial score (nSPS) is 31.1. The van der Waals surface area contributed by atoms with Gasteiger partial charge in [-0.25, -0.2) is 0 Å². The molecule has 4 saturated heterocycles. The molecule has 10 aliphatic carbocycles. The molecule has 4 aliphatic heterocycles. The van der Waals surface area contributed by atoms with Crippen LogP contribution in [0.5, 0.6) is 0 Å². The average molecular weight is 1710 g/mol. The Kier molecular flexibility index (Phi) is 25.7. The van der Waals surface area contributed by atoms with Crippen LogP contribution in [-0.4, -0.2) is 32.3 Å². The van der Waals surface area contributed by atoms with Gasteiger partial charge in [0.15, 0.2) is 0 Å². The van der Waals surface area contributed by atoms with E-state index in [1.807, 2.05) is 0 Å². The molecule has 0 amide bonds. The van der Waals surface area contributed by atoms with Crippen molar-refractivity contribution in [2.24, 2.45) is 82.9 Å². The van der Waals surface area contributed by atoms with Crippen molar-refractivity contribution in [2.75, 3.05) is 0 Å². The smallest absolute Gasteiger partial charge is 0.0578 e. The molecular formula is C120H160Si4. The molecular weight excluding hydrogens is 1550 g/mol. The van der Waals surface area contributed by atoms with E-state index in [-0.39, 0.29) is 0 Å². The van der Waals surface area contributed by atoms with Gasteiger partial charge in [-0.1, -0.05) is 446 Å². The molecule has 0 bridgehead atoms. The highest BCUT2D eigenvalue weighted by molar-refractivity contribution is 6.83. The maximum Gasteiger partial charge on any atom is 0.0578 e. The van der Waals surface area contributed by atoms with Crippen LogP contribution in [0.4, 0.5) is 0 Å². The maximum absolute atomic E-state index is 2.73. The average Bonchev–Trinajstić information content (AvgIpc) is 1.49. The molecule has 4 saturated carbocycles. The van der Waals surface area contributed by atoms with E-state index in [1.54, 1.807) is 133 Å². The second-order valence-electron chi connectivity index (χ2n) is 46.1. The van der Waals surface area contributed by atoms with Gasteiger partial charge in [0.05, 0.1) is 32.3 Å². The van der Waals surface area contributed by atoms with E-state index in [9.17, 15) is 0 Å². The standard InChI is InChI=1S/C32H42Si.C31H40Si.C29H40Si.C28H38Si/c1-5-21(2)20-33(16-7-6-8-17-33)32-23(4)18-29-27(32)15-13-25-19-24-10-9-11-26-22(3)12-14-28(30(24)26)31(25)29;1-4-21(2)20-32(16-6-5-7-17-32)31-22(3)18-28-26(31)15-14-25-19-24-12-8-10-23-11-9-13-27(29(23)24)30(25)28;1-5-20(2)19-30(15-7-6-8-16-30)29-22(4)18-27-26(29)14-12-23-10-11-24-17-21(3)9-13-25(24)28(23)27;1-4-20(2)19-29(16-8-5-9-17-29)28-21(3)18-26-25(28)15-14-23-13-12-22-10-6-7-11-24(22)27(23)26/h9-15,21,23,27,29,32H,5-8,16-20H2,1-4H3;8-15,21-22,26,28,31H,4-7,16-20H2,1-3H3;9-14,17,20,22,26-27,29H,5-8,15-16,18-19H2,1-4H3;6-7,10-15,20-21,25-26,28H,4-5,8-9,16-19H2,1-3H3. The van der Waals surface area contributed by atoms with Crippen LogP contribution in [0.3, 0.4) is 0 Å². The molecule has 20 atom stereocenters. The Balaban J connectivity index is 0.000000109. The van der Waals surface area contributed by atoms with E-state index in [0.29, 0.717) is 0 Å². The summed E-state index contributed by atoms with van der Waals surface area (Å²) in [5.74, 6) is 13.5. The van der Waals surface area contributed by atoms with Crippen molar-refractivity contribution < 1.29 is 0 Å². The number of hydrogen-bond acceptors (Lipinski definition) is 0. The summed E-state index contributed by atoms with van der Waals surface area (Å²) in [6.45, 7) is 34.9. The lowest BCUT2D eigenvalue weighted by Gasteiger charge is -2.47. The molecule has 8 aromatic carbocycles. The molecule has 0 spiro atoms. The molecule has 656 valence electrons. The topological polar surface area (TPSA) is 0 Å². The lowest BCUT2D eigenvalue weighted by atomic mass is 9.72. The van der Waals surface area contributed by atoms with Gasteiger partial charge >= 0.3 is 0 Å². The summed E-state index contributed by atoms with van der Waals surface area (Å²) in [7, 11) is -5.05. The summed E-state index contributed by atoms with van der Waals surface area (Å²) in [4.78, 5) is 0. The predicted octanol–water partition coefficient (Wildman–Crippen LogP) is 36.0. The van der Waals surface area contributed by atoms with Gasteiger partial charge < -0.3 is 0 Å². The summed E-state index contributed by atoms with van der Waals surface area (Å²) >= 11 is 0. The van der Waals surface area contributed by atoms with Gasteiger partial charge in [-0.2, -0.15) is 0 Å². The Hall–Kier alpha value is -5.89. The van der Waals surface area contributed by atoms with Gasteiger partial charge in [0, 0.05) is 0 Å². The molecule has 0 radical (unpaired) electrons. The summed E-state index contributed by atoms with van der Waals surface area (Å²) < 4.78 is 0. The van der Waals surface area contributed by atoms with Crippen LogP contribution in [-0.2, 0) is 12.8 Å². The van der Waals surface area contributed by atoms with E-state index in [2.05, 4.69) is 279 Å². The van der Waals surface area contributed by atoms with Crippen LogP contribution in [0.25, 0.3) is 66.4 Å². The molecule has 14 aliphatic rings. The molecule has 4 heterocycles. The van der Waals surface area contributed by atoms with Crippen LogP contribution >= 0.6 is 0 Å². The maximum atomic E-state index is 2.73. The first-order valence-electron chi connectivity index (χ1n) is 52.5. The van der Waals surface area contributed by atoms with Gasteiger partial charge in [0.25, 0.3) is 0 Å². The van der Waals surface area contributed by atoms with Crippen LogP contribution in [0.15, 0.2) is 181 Å². The van der Waals surface area contributed by atoms with Crippen molar-refractivity contribution in [3.8, 4) is 0 Å². The Bertz CT molecular complexity index is 5390. The lowest BCUT2D eigenvalue weighted by Crippen LogP contribution is -2.46. The Morgan fingerprint density at radius 1 is 0.323 bits per heavy atom. The Morgan fingerprint density at radius 2 is 0.685 bits per heavy atom. The summed E-state index contributed by atoms with van der Waals surface area (Å²) in [6, 6.07) is 70.9. The highest BCUT2D eigenvalue weighted by Crippen LogP contribution is 2.68. The van der Waals surface area contributed by atoms with Crippen LogP contribution < -0.4 is 0 Å². The third kappa shape index (κ3) is 15.9. The number of benzene rings is 8. The molecule has 8 aromatic rings. The lowest BCUT2D eigenvalue weighted by molar-refractivity contribution is 0.507. The van der Waals surface area contributed by atoms with E-state index in [1.165, 1.54) is 189 Å². The highest BCUT2D eigenvalue weighted by Gasteiger charge is 2.60. The third-order valence-electron chi connectivity index (χ3n) is 38.6. The van der Waals surface area contributed by atoms with Crippen LogP contribution in [0.2, 0.25) is 94.7 Å². The van der Waals surface area contributed by atoms with Crippen molar-refractivity contribution >= 4 is 98.7 Å². The van der Waals surface area contributed by atoms with E-state index in [4.69, 9.17) is 0 Å². The Labute approximate surface area is 757 Å². The van der Waals surface area contributed by atoms with Crippen LogP contribution in [0, 0.1) is 96.7 Å². The summed E-state index contributed by atoms with van der Waals surface area (Å²) in [5, 5.41) is 12.0. The van der Waals surface area contributed by atoms with E-state index in [0.717, 1.165) is 130 Å². The minimum absolute atomic E-state index is 0.750. The minimum atomic E-state index is -1.28. The largest absolute Gasteiger partial charge is 0.0805 e. The van der Waals surface area contributed by atoms with Crippen molar-refractivity contribution in [2.45, 2.75) is 345 Å². The summed E-state index contributed by atoms with van der Waals surface area (Å²) in [5.41, 5.74) is 26.2. The van der Waals surface area contributed by atoms with Crippen molar-refractivity contribution in [1.29, 1.82) is 0 Å². The second kappa shape index (κ2) is 36.5.